The van der Waals surface area contributed by atoms with Crippen molar-refractivity contribution in [2.75, 3.05) is 5.32 Å². The van der Waals surface area contributed by atoms with Crippen molar-refractivity contribution in [2.45, 2.75) is 27.2 Å². The Kier molecular flexibility index (Phi) is 5.51. The molecule has 0 unspecified atom stereocenters. The number of nitrogens with one attached hydrogen (secondary N) is 1. The zero-order valence-corrected chi connectivity index (χ0v) is 14.9. The van der Waals surface area contributed by atoms with Crippen LogP contribution in [0.2, 0.25) is 0 Å². The summed E-state index contributed by atoms with van der Waals surface area (Å²) in [7, 11) is 0. The molecule has 0 aliphatic heterocycles. The summed E-state index contributed by atoms with van der Waals surface area (Å²) < 4.78 is 0.933. The molecule has 0 atom stereocenters. The summed E-state index contributed by atoms with van der Waals surface area (Å²) in [6.45, 7) is 5.63. The van der Waals surface area contributed by atoms with Gasteiger partial charge in [-0.2, -0.15) is 5.26 Å². The van der Waals surface area contributed by atoms with Gasteiger partial charge in [-0.15, -0.1) is 0 Å². The van der Waals surface area contributed by atoms with Gasteiger partial charge in [-0.1, -0.05) is 41.9 Å². The first-order valence-corrected chi connectivity index (χ1v) is 8.17. The Balaban J connectivity index is 2.67. The van der Waals surface area contributed by atoms with Crippen LogP contribution in [0.3, 0.4) is 0 Å². The first kappa shape index (κ1) is 17.2. The summed E-state index contributed by atoms with van der Waals surface area (Å²) in [6, 6.07) is 11.9. The number of nitriles is 1. The molecule has 0 bridgehead atoms. The summed E-state index contributed by atoms with van der Waals surface area (Å²) in [5.41, 5.74) is 2.93. The Morgan fingerprint density at radius 1 is 1.39 bits per heavy atom. The third-order valence-electron chi connectivity index (χ3n) is 3.23. The van der Waals surface area contributed by atoms with Gasteiger partial charge in [0.1, 0.15) is 11.6 Å². The van der Waals surface area contributed by atoms with Gasteiger partial charge >= 0.3 is 0 Å². The van der Waals surface area contributed by atoms with Crippen LogP contribution < -0.4 is 5.32 Å². The molecule has 0 radical (unpaired) electrons. The third-order valence-corrected chi connectivity index (χ3v) is 3.72. The fourth-order valence-electron chi connectivity index (χ4n) is 2.38. The largest absolute Gasteiger partial charge is 0.310 e. The standard InChI is InChI=1S/C18H18BrN3O/c1-11(2)7-15-9-16(13-5-4-6-14(19)8-13)17(10-20)18(22-15)21-12(3)23/h4-6,8-9,11H,7H2,1-3H3,(H,21,22,23). The van der Waals surface area contributed by atoms with Crippen LogP contribution in [0.15, 0.2) is 34.8 Å². The molecule has 1 amide bonds. The number of pyridine rings is 1. The smallest absolute Gasteiger partial charge is 0.222 e. The second-order valence-corrected chi connectivity index (χ2v) is 6.70. The summed E-state index contributed by atoms with van der Waals surface area (Å²) in [6.07, 6.45) is 0.777. The van der Waals surface area contributed by atoms with Crippen molar-refractivity contribution in [2.24, 2.45) is 5.92 Å². The monoisotopic (exact) mass is 371 g/mol. The molecule has 5 heteroatoms. The normalized spacial score (nSPS) is 10.4. The molecule has 2 rings (SSSR count). The van der Waals surface area contributed by atoms with E-state index in [4.69, 9.17) is 0 Å². The number of amides is 1. The fraction of sp³-hybridized carbons (Fsp3) is 0.278. The molecule has 0 saturated carbocycles. The predicted molar refractivity (Wildman–Crippen MR) is 94.9 cm³/mol. The Labute approximate surface area is 144 Å². The van der Waals surface area contributed by atoms with Gasteiger partial charge in [0, 0.05) is 22.7 Å². The lowest BCUT2D eigenvalue weighted by Gasteiger charge is -2.14. The van der Waals surface area contributed by atoms with E-state index in [9.17, 15) is 10.1 Å². The van der Waals surface area contributed by atoms with E-state index in [1.165, 1.54) is 6.92 Å². The molecule has 0 fully saturated rings. The highest BCUT2D eigenvalue weighted by atomic mass is 79.9. The van der Waals surface area contributed by atoms with Crippen LogP contribution >= 0.6 is 15.9 Å². The number of carbonyl (C=O) groups is 1. The summed E-state index contributed by atoms with van der Waals surface area (Å²) in [4.78, 5) is 15.9. The van der Waals surface area contributed by atoms with Gasteiger partial charge in [0.25, 0.3) is 0 Å². The maximum absolute atomic E-state index is 11.4. The first-order chi connectivity index (χ1) is 10.9. The van der Waals surface area contributed by atoms with Gasteiger partial charge in [0.2, 0.25) is 5.91 Å². The molecule has 0 spiro atoms. The van der Waals surface area contributed by atoms with Crippen LogP contribution in [-0.4, -0.2) is 10.9 Å². The van der Waals surface area contributed by atoms with E-state index in [0.29, 0.717) is 17.3 Å². The number of hydrogen-bond acceptors (Lipinski definition) is 3. The Morgan fingerprint density at radius 3 is 2.70 bits per heavy atom. The van der Waals surface area contributed by atoms with Gasteiger partial charge in [-0.25, -0.2) is 4.98 Å². The van der Waals surface area contributed by atoms with Gasteiger partial charge in [0.15, 0.2) is 5.82 Å². The van der Waals surface area contributed by atoms with Crippen LogP contribution in [0.5, 0.6) is 0 Å². The van der Waals surface area contributed by atoms with E-state index in [0.717, 1.165) is 27.7 Å². The molecular weight excluding hydrogens is 354 g/mol. The van der Waals surface area contributed by atoms with Crippen LogP contribution in [-0.2, 0) is 11.2 Å². The number of halogens is 1. The molecule has 4 nitrogen and oxygen atoms in total. The molecule has 2 aromatic rings. The maximum Gasteiger partial charge on any atom is 0.222 e. The van der Waals surface area contributed by atoms with Crippen molar-refractivity contribution in [3.05, 3.63) is 46.1 Å². The molecule has 0 aliphatic carbocycles. The zero-order chi connectivity index (χ0) is 17.0. The average molecular weight is 372 g/mol. The van der Waals surface area contributed by atoms with E-state index in [2.05, 4.69) is 46.1 Å². The first-order valence-electron chi connectivity index (χ1n) is 7.38. The lowest BCUT2D eigenvalue weighted by Crippen LogP contribution is -2.12. The van der Waals surface area contributed by atoms with Crippen molar-refractivity contribution in [3.63, 3.8) is 0 Å². The lowest BCUT2D eigenvalue weighted by atomic mass is 9.98. The second-order valence-electron chi connectivity index (χ2n) is 5.79. The highest BCUT2D eigenvalue weighted by Gasteiger charge is 2.16. The van der Waals surface area contributed by atoms with Crippen LogP contribution in [0.1, 0.15) is 32.0 Å². The molecule has 0 aliphatic rings. The zero-order valence-electron chi connectivity index (χ0n) is 13.4. The summed E-state index contributed by atoms with van der Waals surface area (Å²) in [5, 5.41) is 12.2. The molecule has 0 saturated heterocycles. The van der Waals surface area contributed by atoms with Crippen molar-refractivity contribution in [3.8, 4) is 17.2 Å². The van der Waals surface area contributed by atoms with Crippen LogP contribution in [0.4, 0.5) is 5.82 Å². The van der Waals surface area contributed by atoms with Crippen LogP contribution in [0.25, 0.3) is 11.1 Å². The molecule has 1 aromatic carbocycles. The molecule has 1 heterocycles. The van der Waals surface area contributed by atoms with E-state index in [-0.39, 0.29) is 5.91 Å². The number of rotatable bonds is 4. The topological polar surface area (TPSA) is 65.8 Å². The second kappa shape index (κ2) is 7.38. The average Bonchev–Trinajstić information content (AvgIpc) is 2.45. The molecule has 23 heavy (non-hydrogen) atoms. The van der Waals surface area contributed by atoms with E-state index < -0.39 is 0 Å². The summed E-state index contributed by atoms with van der Waals surface area (Å²) >= 11 is 3.46. The number of benzene rings is 1. The van der Waals surface area contributed by atoms with Crippen molar-refractivity contribution >= 4 is 27.7 Å². The molecular formula is C18H18BrN3O. The summed E-state index contributed by atoms with van der Waals surface area (Å²) in [5.74, 6) is 0.514. The molecule has 118 valence electrons. The number of nitrogens with zero attached hydrogens (tertiary/aromatic N) is 2. The number of aromatic nitrogens is 1. The van der Waals surface area contributed by atoms with Gasteiger partial charge in [-0.05, 0) is 36.1 Å². The number of hydrogen-bond donors (Lipinski definition) is 1. The SMILES string of the molecule is CC(=O)Nc1nc(CC(C)C)cc(-c2cccc(Br)c2)c1C#N. The maximum atomic E-state index is 11.4. The van der Waals surface area contributed by atoms with Crippen LogP contribution in [0, 0.1) is 17.2 Å². The minimum atomic E-state index is -0.240. The Bertz CT molecular complexity index is 778. The van der Waals surface area contributed by atoms with E-state index in [1.54, 1.807) is 0 Å². The highest BCUT2D eigenvalue weighted by Crippen LogP contribution is 2.31. The van der Waals surface area contributed by atoms with E-state index >= 15 is 0 Å². The van der Waals surface area contributed by atoms with Crippen molar-refractivity contribution in [1.82, 2.24) is 4.98 Å². The van der Waals surface area contributed by atoms with Crippen molar-refractivity contribution in [1.29, 1.82) is 5.26 Å². The molecule has 1 aromatic heterocycles. The highest BCUT2D eigenvalue weighted by molar-refractivity contribution is 9.10. The predicted octanol–water partition coefficient (Wildman–Crippen LogP) is 4.54. The lowest BCUT2D eigenvalue weighted by molar-refractivity contribution is -0.114. The van der Waals surface area contributed by atoms with Gasteiger partial charge in [-0.3, -0.25) is 4.79 Å². The van der Waals surface area contributed by atoms with Crippen molar-refractivity contribution < 1.29 is 4.79 Å². The third kappa shape index (κ3) is 4.40. The minimum absolute atomic E-state index is 0.240. The number of carbonyl (C=O) groups excluding carboxylic acids is 1. The van der Waals surface area contributed by atoms with E-state index in [1.807, 2.05) is 30.3 Å². The Morgan fingerprint density at radius 2 is 2.13 bits per heavy atom. The van der Waals surface area contributed by atoms with Gasteiger partial charge < -0.3 is 5.32 Å². The Hall–Kier alpha value is -2.19. The fourth-order valence-corrected chi connectivity index (χ4v) is 2.77. The quantitative estimate of drug-likeness (QED) is 0.857. The number of anilines is 1. The minimum Gasteiger partial charge on any atom is -0.310 e. The van der Waals surface area contributed by atoms with Gasteiger partial charge in [0.05, 0.1) is 0 Å². The molecule has 1 N–H and O–H groups in total.